The zero-order chi connectivity index (χ0) is 13.7. The van der Waals surface area contributed by atoms with Gasteiger partial charge in [-0.3, -0.25) is 9.48 Å². The van der Waals surface area contributed by atoms with E-state index in [0.717, 1.165) is 11.1 Å². The third-order valence-electron chi connectivity index (χ3n) is 3.60. The summed E-state index contributed by atoms with van der Waals surface area (Å²) in [5, 5.41) is 4.17. The van der Waals surface area contributed by atoms with Crippen LogP contribution in [0.5, 0.6) is 17.2 Å². The van der Waals surface area contributed by atoms with Crippen LogP contribution in [-0.2, 0) is 11.8 Å². The van der Waals surface area contributed by atoms with Crippen molar-refractivity contribution in [1.29, 1.82) is 0 Å². The standard InChI is InChI=1S/C14H12N2O4/c1-16-6-8(5-15-16)9-3-14(17)20-11-4-13-12(2-10(9)11)18-7-19-13/h2,4-6,9H,3,7H2,1H3/t9-/m1/s1. The molecule has 0 saturated carbocycles. The van der Waals surface area contributed by atoms with E-state index in [0.29, 0.717) is 23.7 Å². The number of ether oxygens (including phenoxy) is 3. The number of aromatic nitrogens is 2. The van der Waals surface area contributed by atoms with Crippen LogP contribution in [0, 0.1) is 0 Å². The molecular formula is C14H12N2O4. The molecule has 2 aromatic rings. The fraction of sp³-hybridized carbons (Fsp3) is 0.286. The molecule has 0 amide bonds. The molecule has 1 atom stereocenters. The average Bonchev–Trinajstić information content (AvgIpc) is 3.03. The molecule has 0 unspecified atom stereocenters. The molecule has 0 fully saturated rings. The largest absolute Gasteiger partial charge is 0.454 e. The van der Waals surface area contributed by atoms with Crippen LogP contribution >= 0.6 is 0 Å². The molecule has 1 aromatic carbocycles. The Morgan fingerprint density at radius 3 is 2.80 bits per heavy atom. The van der Waals surface area contributed by atoms with E-state index >= 15 is 0 Å². The van der Waals surface area contributed by atoms with E-state index in [9.17, 15) is 4.79 Å². The topological polar surface area (TPSA) is 62.6 Å². The van der Waals surface area contributed by atoms with Crippen molar-refractivity contribution in [1.82, 2.24) is 9.78 Å². The summed E-state index contributed by atoms with van der Waals surface area (Å²) >= 11 is 0. The Balaban J connectivity index is 1.85. The normalized spacial score (nSPS) is 19.6. The Labute approximate surface area is 114 Å². The molecule has 20 heavy (non-hydrogen) atoms. The monoisotopic (exact) mass is 272 g/mol. The van der Waals surface area contributed by atoms with Crippen molar-refractivity contribution in [2.75, 3.05) is 6.79 Å². The number of esters is 1. The van der Waals surface area contributed by atoms with Crippen LogP contribution in [0.2, 0.25) is 0 Å². The molecule has 3 heterocycles. The highest BCUT2D eigenvalue weighted by Gasteiger charge is 2.32. The molecule has 0 spiro atoms. The van der Waals surface area contributed by atoms with E-state index in [4.69, 9.17) is 14.2 Å². The van der Waals surface area contributed by atoms with Gasteiger partial charge in [0, 0.05) is 30.8 Å². The zero-order valence-electron chi connectivity index (χ0n) is 10.8. The summed E-state index contributed by atoms with van der Waals surface area (Å²) in [6.45, 7) is 0.198. The Morgan fingerprint density at radius 1 is 1.25 bits per heavy atom. The first-order valence-corrected chi connectivity index (χ1v) is 6.33. The lowest BCUT2D eigenvalue weighted by atomic mass is 9.88. The van der Waals surface area contributed by atoms with E-state index < -0.39 is 0 Å². The lowest BCUT2D eigenvalue weighted by Crippen LogP contribution is -2.20. The summed E-state index contributed by atoms with van der Waals surface area (Å²) < 4.78 is 17.8. The summed E-state index contributed by atoms with van der Waals surface area (Å²) in [6.07, 6.45) is 3.99. The molecule has 0 saturated heterocycles. The zero-order valence-corrected chi connectivity index (χ0v) is 10.8. The molecule has 0 N–H and O–H groups in total. The van der Waals surface area contributed by atoms with Gasteiger partial charge < -0.3 is 14.2 Å². The van der Waals surface area contributed by atoms with E-state index in [2.05, 4.69) is 5.10 Å². The van der Waals surface area contributed by atoms with Gasteiger partial charge in [0.05, 0.1) is 12.6 Å². The highest BCUT2D eigenvalue weighted by Crippen LogP contribution is 2.45. The highest BCUT2D eigenvalue weighted by molar-refractivity contribution is 5.78. The number of hydrogen-bond acceptors (Lipinski definition) is 5. The first-order valence-electron chi connectivity index (χ1n) is 6.33. The summed E-state index contributed by atoms with van der Waals surface area (Å²) in [6, 6.07) is 3.61. The fourth-order valence-corrected chi connectivity index (χ4v) is 2.66. The minimum absolute atomic E-state index is 0.0607. The highest BCUT2D eigenvalue weighted by atomic mass is 16.7. The predicted octanol–water partition coefficient (Wildman–Crippen LogP) is 1.59. The maximum absolute atomic E-state index is 11.8. The number of nitrogens with zero attached hydrogens (tertiary/aromatic N) is 2. The summed E-state index contributed by atoms with van der Waals surface area (Å²) in [5.74, 6) is 1.54. The Morgan fingerprint density at radius 2 is 2.05 bits per heavy atom. The summed E-state index contributed by atoms with van der Waals surface area (Å²) in [7, 11) is 1.85. The molecule has 1 aromatic heterocycles. The third-order valence-corrected chi connectivity index (χ3v) is 3.60. The van der Waals surface area contributed by atoms with Crippen molar-refractivity contribution in [2.24, 2.45) is 7.05 Å². The molecule has 6 nitrogen and oxygen atoms in total. The van der Waals surface area contributed by atoms with Gasteiger partial charge in [0.15, 0.2) is 11.5 Å². The maximum atomic E-state index is 11.8. The van der Waals surface area contributed by atoms with Crippen molar-refractivity contribution in [3.63, 3.8) is 0 Å². The second kappa shape index (κ2) is 4.00. The van der Waals surface area contributed by atoms with Gasteiger partial charge in [0.2, 0.25) is 6.79 Å². The molecule has 0 radical (unpaired) electrons. The fourth-order valence-electron chi connectivity index (χ4n) is 2.66. The van der Waals surface area contributed by atoms with Gasteiger partial charge in [-0.15, -0.1) is 0 Å². The van der Waals surface area contributed by atoms with Gasteiger partial charge in [-0.2, -0.15) is 5.10 Å². The van der Waals surface area contributed by atoms with Crippen molar-refractivity contribution >= 4 is 5.97 Å². The van der Waals surface area contributed by atoms with Gasteiger partial charge in [-0.05, 0) is 11.6 Å². The number of rotatable bonds is 1. The quantitative estimate of drug-likeness (QED) is 0.582. The maximum Gasteiger partial charge on any atom is 0.312 e. The molecule has 2 aliphatic heterocycles. The van der Waals surface area contributed by atoms with Crippen LogP contribution in [-0.4, -0.2) is 22.5 Å². The third kappa shape index (κ3) is 1.65. The molecule has 2 aliphatic rings. The SMILES string of the molecule is Cn1cc([C@H]2CC(=O)Oc3cc4c(cc32)OCO4)cn1. The minimum Gasteiger partial charge on any atom is -0.454 e. The number of hydrogen-bond donors (Lipinski definition) is 0. The second-order valence-corrected chi connectivity index (χ2v) is 4.92. The van der Waals surface area contributed by atoms with Crippen molar-refractivity contribution < 1.29 is 19.0 Å². The Kier molecular flexibility index (Phi) is 2.26. The van der Waals surface area contributed by atoms with Gasteiger partial charge in [-0.25, -0.2) is 0 Å². The molecular weight excluding hydrogens is 260 g/mol. The number of fused-ring (bicyclic) bond motifs is 2. The smallest absolute Gasteiger partial charge is 0.312 e. The number of carbonyl (C=O) groups is 1. The Bertz CT molecular complexity index is 707. The van der Waals surface area contributed by atoms with Gasteiger partial charge in [-0.1, -0.05) is 0 Å². The van der Waals surface area contributed by atoms with Crippen LogP contribution in [0.3, 0.4) is 0 Å². The van der Waals surface area contributed by atoms with E-state index in [1.54, 1.807) is 16.9 Å². The van der Waals surface area contributed by atoms with Gasteiger partial charge in [0.25, 0.3) is 0 Å². The van der Waals surface area contributed by atoms with Crippen molar-refractivity contribution in [2.45, 2.75) is 12.3 Å². The van der Waals surface area contributed by atoms with E-state index in [1.165, 1.54) is 0 Å². The number of aryl methyl sites for hydroxylation is 1. The van der Waals surface area contributed by atoms with Gasteiger partial charge in [0.1, 0.15) is 5.75 Å². The molecule has 0 aliphatic carbocycles. The lowest BCUT2D eigenvalue weighted by molar-refractivity contribution is -0.135. The summed E-state index contributed by atoms with van der Waals surface area (Å²) in [5.41, 5.74) is 1.92. The Hall–Kier alpha value is -2.50. The molecule has 4 rings (SSSR count). The molecule has 102 valence electrons. The van der Waals surface area contributed by atoms with Crippen LogP contribution in [0.1, 0.15) is 23.5 Å². The van der Waals surface area contributed by atoms with Crippen LogP contribution in [0.15, 0.2) is 24.5 Å². The summed E-state index contributed by atoms with van der Waals surface area (Å²) in [4.78, 5) is 11.8. The van der Waals surface area contributed by atoms with Crippen molar-refractivity contribution in [3.8, 4) is 17.2 Å². The van der Waals surface area contributed by atoms with Crippen LogP contribution in [0.25, 0.3) is 0 Å². The predicted molar refractivity (Wildman–Crippen MR) is 67.9 cm³/mol. The average molecular weight is 272 g/mol. The lowest BCUT2D eigenvalue weighted by Gasteiger charge is -2.23. The van der Waals surface area contributed by atoms with Gasteiger partial charge >= 0.3 is 5.97 Å². The van der Waals surface area contributed by atoms with E-state index in [-0.39, 0.29) is 18.7 Å². The molecule has 0 bridgehead atoms. The van der Waals surface area contributed by atoms with E-state index in [1.807, 2.05) is 19.3 Å². The number of benzene rings is 1. The van der Waals surface area contributed by atoms with Crippen molar-refractivity contribution in [3.05, 3.63) is 35.7 Å². The molecule has 6 heteroatoms. The minimum atomic E-state index is -0.245. The second-order valence-electron chi connectivity index (χ2n) is 4.92. The first kappa shape index (κ1) is 11.3. The number of carbonyl (C=O) groups excluding carboxylic acids is 1. The first-order chi connectivity index (χ1) is 9.70. The van der Waals surface area contributed by atoms with Crippen LogP contribution < -0.4 is 14.2 Å². The van der Waals surface area contributed by atoms with Crippen LogP contribution in [0.4, 0.5) is 0 Å².